The van der Waals surface area contributed by atoms with E-state index in [4.69, 9.17) is 38.3 Å². The summed E-state index contributed by atoms with van der Waals surface area (Å²) in [5.74, 6) is -0.744. The van der Waals surface area contributed by atoms with Crippen molar-refractivity contribution in [2.75, 3.05) is 93.0 Å². The molecule has 10 nitrogen and oxygen atoms in total. The largest absolute Gasteiger partial charge is 0.490 e. The van der Waals surface area contributed by atoms with E-state index >= 15 is 0 Å². The second-order valence-electron chi connectivity index (χ2n) is 6.87. The zero-order valence-electron chi connectivity index (χ0n) is 19.5. The smallest absolute Gasteiger partial charge is 0.339 e. The van der Waals surface area contributed by atoms with E-state index in [1.165, 1.54) is 6.07 Å². The van der Waals surface area contributed by atoms with Gasteiger partial charge in [-0.25, -0.2) is 4.79 Å². The maximum Gasteiger partial charge on any atom is 0.339 e. The van der Waals surface area contributed by atoms with Gasteiger partial charge in [-0.3, -0.25) is 0 Å². The topological polar surface area (TPSA) is 122 Å². The fourth-order valence-electron chi connectivity index (χ4n) is 2.64. The third kappa shape index (κ3) is 15.6. The molecule has 1 aromatic carbocycles. The van der Waals surface area contributed by atoms with Crippen LogP contribution in [0.4, 0.5) is 0 Å². The fourth-order valence-corrected chi connectivity index (χ4v) is 2.64. The number of hydrogen-bond donors (Lipinski definition) is 2. The Hall–Kier alpha value is -1.79. The molecule has 1 rings (SSSR count). The predicted octanol–water partition coefficient (Wildman–Crippen LogP) is 1.42. The lowest BCUT2D eigenvalue weighted by Crippen LogP contribution is -2.15. The number of carbonyl (C=O) groups is 1. The third-order valence-corrected chi connectivity index (χ3v) is 4.31. The summed E-state index contributed by atoms with van der Waals surface area (Å²) in [6.45, 7) is 5.59. The van der Waals surface area contributed by atoms with Crippen molar-refractivity contribution in [1.82, 2.24) is 0 Å². The van der Waals surface area contributed by atoms with E-state index in [9.17, 15) is 9.90 Å². The molecule has 0 spiro atoms. The zero-order valence-corrected chi connectivity index (χ0v) is 19.5. The van der Waals surface area contributed by atoms with Gasteiger partial charge in [0.2, 0.25) is 0 Å². The molecule has 0 radical (unpaired) electrons. The SMILES string of the molecule is COCCOCCOCCOCCOCCOCCOc1cc(CCCO)ccc1C(=O)O. The number of carboxylic acids is 1. The molecule has 10 heteroatoms. The Morgan fingerprint density at radius 1 is 0.758 bits per heavy atom. The summed E-state index contributed by atoms with van der Waals surface area (Å²) in [4.78, 5) is 11.3. The van der Waals surface area contributed by atoms with Gasteiger partial charge in [0, 0.05) is 13.7 Å². The van der Waals surface area contributed by atoms with Crippen LogP contribution in [0.15, 0.2) is 18.2 Å². The summed E-state index contributed by atoms with van der Waals surface area (Å²) >= 11 is 0. The van der Waals surface area contributed by atoms with Crippen LogP contribution in [0.2, 0.25) is 0 Å². The van der Waals surface area contributed by atoms with Crippen molar-refractivity contribution >= 4 is 5.97 Å². The number of aliphatic hydroxyl groups excluding tert-OH is 1. The van der Waals surface area contributed by atoms with Gasteiger partial charge in [0.1, 0.15) is 17.9 Å². The average molecular weight is 475 g/mol. The van der Waals surface area contributed by atoms with Crippen molar-refractivity contribution in [1.29, 1.82) is 0 Å². The number of rotatable bonds is 23. The first-order chi connectivity index (χ1) is 16.2. The normalized spacial score (nSPS) is 11.1. The van der Waals surface area contributed by atoms with Crippen LogP contribution < -0.4 is 4.74 Å². The number of ether oxygens (including phenoxy) is 7. The Morgan fingerprint density at radius 2 is 1.24 bits per heavy atom. The van der Waals surface area contributed by atoms with E-state index in [0.29, 0.717) is 91.3 Å². The van der Waals surface area contributed by atoms with Gasteiger partial charge in [-0.1, -0.05) is 6.07 Å². The highest BCUT2D eigenvalue weighted by Gasteiger charge is 2.12. The lowest BCUT2D eigenvalue weighted by Gasteiger charge is -2.12. The molecule has 190 valence electrons. The Morgan fingerprint density at radius 3 is 1.70 bits per heavy atom. The first-order valence-corrected chi connectivity index (χ1v) is 11.2. The lowest BCUT2D eigenvalue weighted by atomic mass is 10.1. The maximum absolute atomic E-state index is 11.3. The lowest BCUT2D eigenvalue weighted by molar-refractivity contribution is -0.0159. The Balaban J connectivity index is 1.97. The highest BCUT2D eigenvalue weighted by molar-refractivity contribution is 5.91. The van der Waals surface area contributed by atoms with Crippen molar-refractivity contribution in [3.8, 4) is 5.75 Å². The summed E-state index contributed by atoms with van der Waals surface area (Å²) in [6, 6.07) is 4.95. The van der Waals surface area contributed by atoms with Crippen LogP contribution in [0.1, 0.15) is 22.3 Å². The van der Waals surface area contributed by atoms with Crippen molar-refractivity contribution in [3.63, 3.8) is 0 Å². The van der Waals surface area contributed by atoms with Crippen LogP contribution in [0.3, 0.4) is 0 Å². The Bertz CT molecular complexity index is 611. The van der Waals surface area contributed by atoms with E-state index in [2.05, 4.69) is 0 Å². The molecule has 0 aliphatic heterocycles. The van der Waals surface area contributed by atoms with Gasteiger partial charge in [0.05, 0.1) is 72.7 Å². The molecule has 0 aliphatic carbocycles. The second kappa shape index (κ2) is 20.8. The number of aromatic carboxylic acids is 1. The third-order valence-electron chi connectivity index (χ3n) is 4.31. The number of aryl methyl sites for hydroxylation is 1. The molecule has 0 aliphatic rings. The van der Waals surface area contributed by atoms with Crippen LogP contribution in [0, 0.1) is 0 Å². The summed E-state index contributed by atoms with van der Waals surface area (Å²) < 4.78 is 37.4. The van der Waals surface area contributed by atoms with Crippen molar-refractivity contribution in [3.05, 3.63) is 29.3 Å². The van der Waals surface area contributed by atoms with E-state index in [-0.39, 0.29) is 18.8 Å². The Labute approximate surface area is 195 Å². The predicted molar refractivity (Wildman–Crippen MR) is 120 cm³/mol. The fraction of sp³-hybridized carbons (Fsp3) is 0.696. The van der Waals surface area contributed by atoms with Gasteiger partial charge in [-0.15, -0.1) is 0 Å². The molecule has 0 bridgehead atoms. The minimum absolute atomic E-state index is 0.0825. The van der Waals surface area contributed by atoms with Crippen molar-refractivity contribution in [2.24, 2.45) is 0 Å². The van der Waals surface area contributed by atoms with Crippen molar-refractivity contribution in [2.45, 2.75) is 12.8 Å². The van der Waals surface area contributed by atoms with E-state index in [1.807, 2.05) is 0 Å². The zero-order chi connectivity index (χ0) is 24.0. The van der Waals surface area contributed by atoms with Crippen LogP contribution in [-0.2, 0) is 34.8 Å². The standard InChI is InChI=1S/C23H38O10/c1-27-7-8-28-9-10-29-11-12-30-13-14-31-15-16-32-17-18-33-22-19-20(3-2-6-24)4-5-21(22)23(25)26/h4-5,19,24H,2-3,6-18H2,1H3,(H,25,26). The quantitative estimate of drug-likeness (QED) is 0.225. The monoisotopic (exact) mass is 474 g/mol. The molecular formula is C23H38O10. The number of hydrogen-bond acceptors (Lipinski definition) is 9. The van der Waals surface area contributed by atoms with Gasteiger partial charge in [-0.2, -0.15) is 0 Å². The van der Waals surface area contributed by atoms with Crippen LogP contribution in [0.25, 0.3) is 0 Å². The number of carboxylic acid groups (broad SMARTS) is 1. The van der Waals surface area contributed by atoms with E-state index < -0.39 is 5.97 Å². The van der Waals surface area contributed by atoms with Crippen molar-refractivity contribution < 1.29 is 48.2 Å². The average Bonchev–Trinajstić information content (AvgIpc) is 2.81. The molecule has 0 saturated carbocycles. The molecule has 0 heterocycles. The van der Waals surface area contributed by atoms with Gasteiger partial charge in [0.25, 0.3) is 0 Å². The van der Waals surface area contributed by atoms with Gasteiger partial charge in [0.15, 0.2) is 0 Å². The van der Waals surface area contributed by atoms with Crippen LogP contribution in [-0.4, -0.2) is 109 Å². The van der Waals surface area contributed by atoms with Crippen LogP contribution >= 0.6 is 0 Å². The van der Waals surface area contributed by atoms with E-state index in [0.717, 1.165) is 5.56 Å². The molecule has 33 heavy (non-hydrogen) atoms. The highest BCUT2D eigenvalue weighted by Crippen LogP contribution is 2.21. The molecule has 0 atom stereocenters. The van der Waals surface area contributed by atoms with E-state index in [1.54, 1.807) is 19.2 Å². The summed E-state index contributed by atoms with van der Waals surface area (Å²) in [5.41, 5.74) is 1.02. The molecule has 0 amide bonds. The minimum Gasteiger partial charge on any atom is -0.490 e. The van der Waals surface area contributed by atoms with Gasteiger partial charge in [-0.05, 0) is 30.5 Å². The molecule has 0 fully saturated rings. The number of methoxy groups -OCH3 is 1. The van der Waals surface area contributed by atoms with Gasteiger partial charge < -0.3 is 43.4 Å². The minimum atomic E-state index is -1.05. The first-order valence-electron chi connectivity index (χ1n) is 11.2. The molecule has 2 N–H and O–H groups in total. The first kappa shape index (κ1) is 29.2. The number of benzene rings is 1. The molecule has 0 unspecified atom stereocenters. The van der Waals surface area contributed by atoms with Crippen LogP contribution in [0.5, 0.6) is 5.75 Å². The summed E-state index contributed by atoms with van der Waals surface area (Å²) in [7, 11) is 1.63. The van der Waals surface area contributed by atoms with Gasteiger partial charge >= 0.3 is 5.97 Å². The summed E-state index contributed by atoms with van der Waals surface area (Å²) in [5, 5.41) is 18.2. The molecular weight excluding hydrogens is 436 g/mol. The molecule has 0 aromatic heterocycles. The summed E-state index contributed by atoms with van der Waals surface area (Å²) in [6.07, 6.45) is 1.26. The highest BCUT2D eigenvalue weighted by atomic mass is 16.6. The number of aliphatic hydroxyl groups is 1. The Kier molecular flexibility index (Phi) is 18.4. The second-order valence-corrected chi connectivity index (χ2v) is 6.87. The molecule has 0 saturated heterocycles. The maximum atomic E-state index is 11.3. The molecule has 1 aromatic rings.